The van der Waals surface area contributed by atoms with E-state index >= 15 is 0 Å². The lowest BCUT2D eigenvalue weighted by atomic mass is 9.53. The summed E-state index contributed by atoms with van der Waals surface area (Å²) in [5, 5.41) is 13.2. The molecule has 11 atom stereocenters. The van der Waals surface area contributed by atoms with E-state index in [4.69, 9.17) is 23.7 Å². The number of esters is 5. The fraction of sp³-hybridized carbons (Fsp3) is 0.649. The third-order valence-corrected chi connectivity index (χ3v) is 11.3. The Labute approximate surface area is 290 Å². The Hall–Kier alpha value is -4.13. The number of Topliss-reactive ketones (excluding diaryl/α,β-unsaturated/α-hetero) is 2. The second-order valence-corrected chi connectivity index (χ2v) is 15.5. The van der Waals surface area contributed by atoms with Gasteiger partial charge in [0.15, 0.2) is 17.8 Å². The molecule has 5 rings (SSSR count). The Balaban J connectivity index is 1.86. The Morgan fingerprint density at radius 1 is 0.800 bits per heavy atom. The highest BCUT2D eigenvalue weighted by Crippen LogP contribution is 2.69. The molecule has 0 aromatic heterocycles. The van der Waals surface area contributed by atoms with E-state index < -0.39 is 112 Å². The van der Waals surface area contributed by atoms with Crippen molar-refractivity contribution < 1.29 is 62.4 Å². The van der Waals surface area contributed by atoms with Gasteiger partial charge < -0.3 is 28.8 Å². The van der Waals surface area contributed by atoms with Crippen LogP contribution in [0.25, 0.3) is 0 Å². The molecule has 13 nitrogen and oxygen atoms in total. The monoisotopic (exact) mass is 698 g/mol. The number of ketones is 2. The Morgan fingerprint density at radius 2 is 1.40 bits per heavy atom. The minimum Gasteiger partial charge on any atom is -0.459 e. The molecule has 0 unspecified atom stereocenters. The maximum absolute atomic E-state index is 14.2. The topological polar surface area (TPSA) is 186 Å². The van der Waals surface area contributed by atoms with Crippen LogP contribution in [0.1, 0.15) is 91.4 Å². The molecule has 1 aromatic carbocycles. The van der Waals surface area contributed by atoms with Crippen molar-refractivity contribution in [3.05, 3.63) is 35.9 Å². The predicted molar refractivity (Wildman–Crippen MR) is 172 cm³/mol. The molecule has 13 heteroatoms. The van der Waals surface area contributed by atoms with Gasteiger partial charge in [0, 0.05) is 38.5 Å². The van der Waals surface area contributed by atoms with Crippen molar-refractivity contribution in [3.63, 3.8) is 0 Å². The molecule has 272 valence electrons. The van der Waals surface area contributed by atoms with Crippen LogP contribution in [0.15, 0.2) is 30.3 Å². The van der Waals surface area contributed by atoms with Gasteiger partial charge in [-0.3, -0.25) is 28.8 Å². The number of rotatable bonds is 8. The molecule has 0 radical (unpaired) electrons. The van der Waals surface area contributed by atoms with E-state index in [1.807, 2.05) is 0 Å². The minimum atomic E-state index is -2.19. The van der Waals surface area contributed by atoms with Crippen molar-refractivity contribution in [2.45, 2.75) is 117 Å². The minimum absolute atomic E-state index is 0.170. The van der Waals surface area contributed by atoms with Gasteiger partial charge in [0.2, 0.25) is 0 Å². The summed E-state index contributed by atoms with van der Waals surface area (Å²) >= 11 is 0. The number of carbonyl (C=O) groups is 7. The smallest absolute Gasteiger partial charge is 0.338 e. The molecule has 1 aromatic rings. The average Bonchev–Trinajstić information content (AvgIpc) is 3.38. The molecule has 4 aliphatic rings. The van der Waals surface area contributed by atoms with Crippen LogP contribution in [0, 0.1) is 34.5 Å². The Morgan fingerprint density at radius 3 is 1.96 bits per heavy atom. The number of hydrogen-bond acceptors (Lipinski definition) is 13. The molecule has 4 aliphatic carbocycles. The van der Waals surface area contributed by atoms with Gasteiger partial charge in [0.05, 0.1) is 16.9 Å². The third-order valence-electron chi connectivity index (χ3n) is 11.3. The fourth-order valence-electron chi connectivity index (χ4n) is 9.82. The van der Waals surface area contributed by atoms with E-state index in [9.17, 15) is 38.7 Å². The molecule has 4 fully saturated rings. The highest BCUT2D eigenvalue weighted by molar-refractivity contribution is 5.94. The molecule has 0 amide bonds. The van der Waals surface area contributed by atoms with E-state index in [0.717, 1.165) is 20.8 Å². The van der Waals surface area contributed by atoms with Crippen LogP contribution in [0.4, 0.5) is 0 Å². The van der Waals surface area contributed by atoms with Gasteiger partial charge in [0.1, 0.15) is 35.8 Å². The van der Waals surface area contributed by atoms with Crippen LogP contribution in [0.3, 0.4) is 0 Å². The van der Waals surface area contributed by atoms with Gasteiger partial charge >= 0.3 is 29.8 Å². The molecule has 0 aliphatic heterocycles. The summed E-state index contributed by atoms with van der Waals surface area (Å²) in [5.74, 6) is -8.85. The standard InChI is InChI=1S/C37H46O13/c1-18-15-36(45)27(28(18)49-31(44)23-12-10-9-11-13-23)30(48-26(42)14-19(2)38)37(50-22(5)41)16-24-25(17-34(6,7)29(24)43)35(8,32(36)46-20(3)39)33(37)47-21(4)40/h9-13,18,24-25,27-28,30,32-33,45H,14-17H2,1-8H3/t18-,24+,25-,27+,28-,30+,32+,33+,35-,36+,37-/m0/s1. The maximum Gasteiger partial charge on any atom is 0.338 e. The van der Waals surface area contributed by atoms with E-state index in [1.54, 1.807) is 45.9 Å². The average molecular weight is 699 g/mol. The van der Waals surface area contributed by atoms with Gasteiger partial charge in [-0.15, -0.1) is 0 Å². The molecule has 0 heterocycles. The first kappa shape index (κ1) is 37.1. The van der Waals surface area contributed by atoms with E-state index in [0.29, 0.717) is 0 Å². The quantitative estimate of drug-likeness (QED) is 0.237. The van der Waals surface area contributed by atoms with Crippen molar-refractivity contribution in [2.75, 3.05) is 0 Å². The van der Waals surface area contributed by atoms with Gasteiger partial charge in [0.25, 0.3) is 0 Å². The number of carbonyl (C=O) groups excluding carboxylic acids is 7. The summed E-state index contributed by atoms with van der Waals surface area (Å²) in [5.41, 5.74) is -6.76. The highest BCUT2D eigenvalue weighted by atomic mass is 16.6. The van der Waals surface area contributed by atoms with Crippen LogP contribution < -0.4 is 0 Å². The number of ether oxygens (including phenoxy) is 5. The lowest BCUT2D eigenvalue weighted by molar-refractivity contribution is -0.268. The third kappa shape index (κ3) is 6.01. The van der Waals surface area contributed by atoms with Crippen LogP contribution in [0.5, 0.6) is 0 Å². The number of hydrogen-bond donors (Lipinski definition) is 1. The molecule has 4 saturated carbocycles. The second-order valence-electron chi connectivity index (χ2n) is 15.5. The first-order valence-corrected chi connectivity index (χ1v) is 16.9. The van der Waals surface area contributed by atoms with Crippen molar-refractivity contribution in [3.8, 4) is 0 Å². The van der Waals surface area contributed by atoms with Crippen LogP contribution >= 0.6 is 0 Å². The van der Waals surface area contributed by atoms with E-state index in [1.165, 1.54) is 19.1 Å². The normalized spacial score (nSPS) is 38.1. The summed E-state index contributed by atoms with van der Waals surface area (Å²) in [6.45, 7) is 11.4. The lowest BCUT2D eigenvalue weighted by Gasteiger charge is -2.58. The van der Waals surface area contributed by atoms with Crippen molar-refractivity contribution in [1.29, 1.82) is 0 Å². The summed E-state index contributed by atoms with van der Waals surface area (Å²) in [6.07, 6.45) is -7.11. The fourth-order valence-corrected chi connectivity index (χ4v) is 9.82. The van der Waals surface area contributed by atoms with Gasteiger partial charge in [-0.25, -0.2) is 4.79 Å². The molecular formula is C37H46O13. The Kier molecular flexibility index (Phi) is 9.57. The van der Waals surface area contributed by atoms with Gasteiger partial charge in [-0.2, -0.15) is 0 Å². The number of fused-ring (bicyclic) bond motifs is 5. The summed E-state index contributed by atoms with van der Waals surface area (Å²) in [7, 11) is 0. The molecule has 50 heavy (non-hydrogen) atoms. The van der Waals surface area contributed by atoms with Crippen molar-refractivity contribution in [1.82, 2.24) is 0 Å². The SMILES string of the molecule is CC(=O)CC(=O)O[C@@H]1[C@H]2[C@@H](OC(=O)c3ccccc3)[C@@H](C)C[C@]2(O)[C@H](OC(C)=O)[C@]2(C)[C@H]3CC(C)(C)C(=O)[C@@H]3C[C@@]1(OC(C)=O)[C@@H]2OC(C)=O. The molecule has 1 N–H and O–H groups in total. The zero-order valence-corrected chi connectivity index (χ0v) is 29.7. The van der Waals surface area contributed by atoms with Crippen LogP contribution in [-0.2, 0) is 52.5 Å². The van der Waals surface area contributed by atoms with Crippen LogP contribution in [0.2, 0.25) is 0 Å². The van der Waals surface area contributed by atoms with E-state index in [-0.39, 0.29) is 30.6 Å². The summed E-state index contributed by atoms with van der Waals surface area (Å²) in [6, 6.07) is 8.06. The lowest BCUT2D eigenvalue weighted by Crippen LogP contribution is -2.70. The Bertz CT molecular complexity index is 1600. The molecule has 2 bridgehead atoms. The molecular weight excluding hydrogens is 652 g/mol. The maximum atomic E-state index is 14.2. The first-order chi connectivity index (χ1) is 23.2. The zero-order valence-electron chi connectivity index (χ0n) is 29.7. The van der Waals surface area contributed by atoms with Crippen LogP contribution in [-0.4, -0.2) is 82.1 Å². The van der Waals surface area contributed by atoms with Crippen molar-refractivity contribution >= 4 is 41.4 Å². The highest BCUT2D eigenvalue weighted by Gasteiger charge is 2.82. The summed E-state index contributed by atoms with van der Waals surface area (Å²) < 4.78 is 30.6. The molecule has 0 spiro atoms. The van der Waals surface area contributed by atoms with E-state index in [2.05, 4.69) is 0 Å². The zero-order chi connectivity index (χ0) is 37.1. The van der Waals surface area contributed by atoms with Gasteiger partial charge in [-0.05, 0) is 43.7 Å². The van der Waals surface area contributed by atoms with Gasteiger partial charge in [-0.1, -0.05) is 45.9 Å². The second kappa shape index (κ2) is 12.9. The largest absolute Gasteiger partial charge is 0.459 e. The first-order valence-electron chi connectivity index (χ1n) is 16.9. The summed E-state index contributed by atoms with van der Waals surface area (Å²) in [4.78, 5) is 92.9. The number of aliphatic hydroxyl groups is 1. The molecule has 0 saturated heterocycles. The van der Waals surface area contributed by atoms with Crippen molar-refractivity contribution in [2.24, 2.45) is 34.5 Å². The number of benzene rings is 1. The predicted octanol–water partition coefficient (Wildman–Crippen LogP) is 3.31.